The number of aromatic nitrogens is 2. The van der Waals surface area contributed by atoms with Gasteiger partial charge in [-0.25, -0.2) is 9.97 Å². The Labute approximate surface area is 106 Å². The quantitative estimate of drug-likeness (QED) is 0.853. The molecule has 1 aromatic heterocycles. The maximum atomic E-state index is 5.73. The fourth-order valence-corrected chi connectivity index (χ4v) is 3.21. The molecule has 17 heavy (non-hydrogen) atoms. The van der Waals surface area contributed by atoms with Gasteiger partial charge in [0, 0.05) is 11.3 Å². The zero-order chi connectivity index (χ0) is 12.3. The number of thioether (sulfide) groups is 1. The average Bonchev–Trinajstić information content (AvgIpc) is 2.74. The van der Waals surface area contributed by atoms with Gasteiger partial charge in [0.15, 0.2) is 11.6 Å². The third-order valence-corrected chi connectivity index (χ3v) is 4.50. The van der Waals surface area contributed by atoms with Gasteiger partial charge in [-0.1, -0.05) is 0 Å². The molecule has 1 saturated heterocycles. The molecule has 1 unspecified atom stereocenters. The van der Waals surface area contributed by atoms with Gasteiger partial charge < -0.3 is 15.8 Å². The van der Waals surface area contributed by atoms with Crippen LogP contribution < -0.4 is 15.8 Å². The highest BCUT2D eigenvalue weighted by Crippen LogP contribution is 2.38. The van der Waals surface area contributed by atoms with E-state index >= 15 is 0 Å². The lowest BCUT2D eigenvalue weighted by molar-refractivity contribution is 0.415. The molecule has 1 aliphatic heterocycles. The number of hydrogen-bond donors (Lipinski definition) is 2. The molecule has 0 saturated carbocycles. The minimum Gasteiger partial charge on any atom is -0.490 e. The fourth-order valence-electron chi connectivity index (χ4n) is 1.96. The third kappa shape index (κ3) is 2.74. The summed E-state index contributed by atoms with van der Waals surface area (Å²) in [6.07, 6.45) is 3.96. The zero-order valence-corrected chi connectivity index (χ0v) is 11.0. The minimum absolute atomic E-state index is 0.282. The first-order chi connectivity index (χ1) is 8.14. The van der Waals surface area contributed by atoms with Crippen LogP contribution in [0.25, 0.3) is 0 Å². The molecule has 1 fully saturated rings. The van der Waals surface area contributed by atoms with Crippen LogP contribution in [-0.4, -0.2) is 34.1 Å². The largest absolute Gasteiger partial charge is 0.490 e. The van der Waals surface area contributed by atoms with E-state index in [2.05, 4.69) is 22.2 Å². The van der Waals surface area contributed by atoms with Crippen LogP contribution in [0.15, 0.2) is 6.33 Å². The van der Waals surface area contributed by atoms with Gasteiger partial charge >= 0.3 is 0 Å². The molecule has 0 amide bonds. The summed E-state index contributed by atoms with van der Waals surface area (Å²) in [5.41, 5.74) is 5.73. The van der Waals surface area contributed by atoms with Gasteiger partial charge in [0.2, 0.25) is 5.75 Å². The standard InChI is InChI=1S/C11H18N4OS/c1-11(4-3-5-17-11)6-13-10-8(16-2)9(12)14-7-15-10/h7H,3-6H2,1-2H3,(H3,12,13,14,15). The van der Waals surface area contributed by atoms with Crippen LogP contribution in [0.4, 0.5) is 11.6 Å². The summed E-state index contributed by atoms with van der Waals surface area (Å²) in [4.78, 5) is 8.07. The Morgan fingerprint density at radius 3 is 3.06 bits per heavy atom. The van der Waals surface area contributed by atoms with Crippen LogP contribution >= 0.6 is 11.8 Å². The second-order valence-electron chi connectivity index (χ2n) is 4.40. The highest BCUT2D eigenvalue weighted by Gasteiger charge is 2.29. The minimum atomic E-state index is 0.282. The van der Waals surface area contributed by atoms with Crippen molar-refractivity contribution in [1.82, 2.24) is 9.97 Å². The molecular formula is C11H18N4OS. The molecule has 0 aromatic carbocycles. The molecule has 5 nitrogen and oxygen atoms in total. The summed E-state index contributed by atoms with van der Waals surface area (Å²) in [6.45, 7) is 3.14. The Balaban J connectivity index is 2.06. The van der Waals surface area contributed by atoms with Crippen LogP contribution in [0, 0.1) is 0 Å². The molecule has 2 rings (SSSR count). The maximum Gasteiger partial charge on any atom is 0.203 e. The SMILES string of the molecule is COc1c(N)ncnc1NCC1(C)CCCS1. The number of nitrogens with two attached hydrogens (primary N) is 1. The summed E-state index contributed by atoms with van der Waals surface area (Å²) in [7, 11) is 1.58. The number of anilines is 2. The summed E-state index contributed by atoms with van der Waals surface area (Å²) >= 11 is 2.00. The van der Waals surface area contributed by atoms with Crippen molar-refractivity contribution in [3.8, 4) is 5.75 Å². The maximum absolute atomic E-state index is 5.73. The molecule has 2 heterocycles. The Bertz CT molecular complexity index is 393. The number of methoxy groups -OCH3 is 1. The van der Waals surface area contributed by atoms with E-state index in [-0.39, 0.29) is 4.75 Å². The lowest BCUT2D eigenvalue weighted by atomic mass is 10.1. The highest BCUT2D eigenvalue weighted by molar-refractivity contribution is 8.00. The van der Waals surface area contributed by atoms with E-state index in [9.17, 15) is 0 Å². The van der Waals surface area contributed by atoms with E-state index in [1.54, 1.807) is 7.11 Å². The number of nitrogens with zero attached hydrogens (tertiary/aromatic N) is 2. The molecule has 1 aliphatic rings. The lowest BCUT2D eigenvalue weighted by Gasteiger charge is -2.23. The number of nitrogens with one attached hydrogen (secondary N) is 1. The number of hydrogen-bond acceptors (Lipinski definition) is 6. The first kappa shape index (κ1) is 12.3. The van der Waals surface area contributed by atoms with Gasteiger partial charge in [-0.2, -0.15) is 11.8 Å². The van der Waals surface area contributed by atoms with E-state index < -0.39 is 0 Å². The summed E-state index contributed by atoms with van der Waals surface area (Å²) < 4.78 is 5.49. The third-order valence-electron chi connectivity index (χ3n) is 2.97. The van der Waals surface area contributed by atoms with Gasteiger partial charge in [-0.05, 0) is 25.5 Å². The van der Waals surface area contributed by atoms with Gasteiger partial charge in [0.1, 0.15) is 6.33 Å². The second-order valence-corrected chi connectivity index (χ2v) is 6.08. The van der Waals surface area contributed by atoms with Crippen LogP contribution in [0.5, 0.6) is 5.75 Å². The van der Waals surface area contributed by atoms with Crippen molar-refractivity contribution in [2.75, 3.05) is 30.5 Å². The Morgan fingerprint density at radius 1 is 1.59 bits per heavy atom. The monoisotopic (exact) mass is 254 g/mol. The predicted octanol–water partition coefficient (Wildman–Crippen LogP) is 1.76. The van der Waals surface area contributed by atoms with Gasteiger partial charge in [0.25, 0.3) is 0 Å². The molecule has 0 radical (unpaired) electrons. The molecule has 1 aromatic rings. The molecule has 1 atom stereocenters. The first-order valence-electron chi connectivity index (χ1n) is 5.67. The van der Waals surface area contributed by atoms with E-state index in [0.717, 1.165) is 6.54 Å². The molecular weight excluding hydrogens is 236 g/mol. The Morgan fingerprint density at radius 2 is 2.41 bits per heavy atom. The summed E-state index contributed by atoms with van der Waals surface area (Å²) in [6, 6.07) is 0. The van der Waals surface area contributed by atoms with Gasteiger partial charge in [-0.15, -0.1) is 0 Å². The molecule has 3 N–H and O–H groups in total. The van der Waals surface area contributed by atoms with Crippen LogP contribution in [0.3, 0.4) is 0 Å². The normalized spacial score (nSPS) is 23.6. The van der Waals surface area contributed by atoms with E-state index in [4.69, 9.17) is 10.5 Å². The van der Waals surface area contributed by atoms with E-state index in [1.807, 2.05) is 11.8 Å². The van der Waals surface area contributed by atoms with Crippen molar-refractivity contribution in [3.05, 3.63) is 6.33 Å². The van der Waals surface area contributed by atoms with E-state index in [1.165, 1.54) is 24.9 Å². The van der Waals surface area contributed by atoms with Crippen molar-refractivity contribution in [2.24, 2.45) is 0 Å². The van der Waals surface area contributed by atoms with Gasteiger partial charge in [0.05, 0.1) is 7.11 Å². The molecule has 0 aliphatic carbocycles. The second kappa shape index (κ2) is 5.00. The van der Waals surface area contributed by atoms with E-state index in [0.29, 0.717) is 17.4 Å². The fraction of sp³-hybridized carbons (Fsp3) is 0.636. The van der Waals surface area contributed by atoms with Crippen molar-refractivity contribution in [1.29, 1.82) is 0 Å². The van der Waals surface area contributed by atoms with Crippen molar-refractivity contribution in [3.63, 3.8) is 0 Å². The molecule has 6 heteroatoms. The first-order valence-corrected chi connectivity index (χ1v) is 6.65. The topological polar surface area (TPSA) is 73.1 Å². The van der Waals surface area contributed by atoms with Crippen LogP contribution in [-0.2, 0) is 0 Å². The number of nitrogen functional groups attached to an aromatic ring is 1. The summed E-state index contributed by atoms with van der Waals surface area (Å²) in [5.74, 6) is 2.81. The Hall–Kier alpha value is -1.17. The molecule has 94 valence electrons. The van der Waals surface area contributed by atoms with Crippen LogP contribution in [0.1, 0.15) is 19.8 Å². The number of ether oxygens (including phenoxy) is 1. The van der Waals surface area contributed by atoms with Crippen molar-refractivity contribution in [2.45, 2.75) is 24.5 Å². The molecule has 0 bridgehead atoms. The highest BCUT2D eigenvalue weighted by atomic mass is 32.2. The average molecular weight is 254 g/mol. The summed E-state index contributed by atoms with van der Waals surface area (Å²) in [5, 5.41) is 3.31. The van der Waals surface area contributed by atoms with Crippen LogP contribution in [0.2, 0.25) is 0 Å². The predicted molar refractivity (Wildman–Crippen MR) is 71.6 cm³/mol. The molecule has 0 spiro atoms. The smallest absolute Gasteiger partial charge is 0.203 e. The lowest BCUT2D eigenvalue weighted by Crippen LogP contribution is -2.27. The zero-order valence-electron chi connectivity index (χ0n) is 10.2. The number of rotatable bonds is 4. The van der Waals surface area contributed by atoms with Crippen molar-refractivity contribution >= 4 is 23.4 Å². The Kier molecular flexibility index (Phi) is 3.61. The van der Waals surface area contributed by atoms with Gasteiger partial charge in [-0.3, -0.25) is 0 Å². The van der Waals surface area contributed by atoms with Crippen molar-refractivity contribution < 1.29 is 4.74 Å².